The van der Waals surface area contributed by atoms with E-state index >= 15 is 0 Å². The van der Waals surface area contributed by atoms with Crippen LogP contribution in [-0.2, 0) is 0 Å². The lowest BCUT2D eigenvalue weighted by atomic mass is 9.95. The van der Waals surface area contributed by atoms with Gasteiger partial charge in [-0.15, -0.1) is 0 Å². The van der Waals surface area contributed by atoms with Crippen molar-refractivity contribution in [2.45, 2.75) is 26.7 Å². The molecule has 0 saturated carbocycles. The van der Waals surface area contributed by atoms with E-state index in [9.17, 15) is 4.79 Å². The van der Waals surface area contributed by atoms with Crippen molar-refractivity contribution in [3.63, 3.8) is 0 Å². The zero-order chi connectivity index (χ0) is 14.0. The van der Waals surface area contributed by atoms with Gasteiger partial charge in [0.1, 0.15) is 0 Å². The average Bonchev–Trinajstić information content (AvgIpc) is 2.41. The predicted octanol–water partition coefficient (Wildman–Crippen LogP) is 2.44. The monoisotopic (exact) mass is 276 g/mol. The summed E-state index contributed by atoms with van der Waals surface area (Å²) in [6, 6.07) is 6.01. The first-order valence-electron chi connectivity index (χ1n) is 6.65. The number of benzene rings is 1. The van der Waals surface area contributed by atoms with Gasteiger partial charge in [-0.2, -0.15) is 0 Å². The summed E-state index contributed by atoms with van der Waals surface area (Å²) in [5.41, 5.74) is 8.64. The van der Waals surface area contributed by atoms with Crippen LogP contribution in [0, 0.1) is 19.8 Å². The summed E-state index contributed by atoms with van der Waals surface area (Å²) < 4.78 is 0. The molecule has 102 valence electrons. The van der Waals surface area contributed by atoms with E-state index in [1.807, 2.05) is 36.9 Å². The summed E-state index contributed by atoms with van der Waals surface area (Å²) in [6.45, 7) is 5.48. The highest BCUT2D eigenvalue weighted by Gasteiger charge is 2.25. The molecule has 0 aliphatic carbocycles. The Morgan fingerprint density at radius 3 is 2.53 bits per heavy atom. The van der Waals surface area contributed by atoms with Crippen molar-refractivity contribution < 1.29 is 4.79 Å². The topological polar surface area (TPSA) is 46.3 Å². The first-order valence-corrected chi connectivity index (χ1v) is 7.05. The number of nitrogens with zero attached hydrogens (tertiary/aromatic N) is 1. The lowest BCUT2D eigenvalue weighted by molar-refractivity contribution is 0.0709. The van der Waals surface area contributed by atoms with E-state index in [0.29, 0.717) is 4.99 Å². The lowest BCUT2D eigenvalue weighted by Gasteiger charge is -2.32. The van der Waals surface area contributed by atoms with Crippen LogP contribution in [0.15, 0.2) is 18.2 Å². The quantitative estimate of drug-likeness (QED) is 0.844. The number of piperidine rings is 1. The Balaban J connectivity index is 2.09. The molecule has 1 heterocycles. The average molecular weight is 276 g/mol. The third-order valence-corrected chi connectivity index (χ3v) is 4.14. The fourth-order valence-corrected chi connectivity index (χ4v) is 2.74. The number of hydrogen-bond donors (Lipinski definition) is 1. The number of carbonyl (C=O) groups excluding carboxylic acids is 1. The minimum absolute atomic E-state index is 0.127. The second-order valence-electron chi connectivity index (χ2n) is 5.29. The highest BCUT2D eigenvalue weighted by molar-refractivity contribution is 7.80. The van der Waals surface area contributed by atoms with Crippen LogP contribution in [0.4, 0.5) is 0 Å². The molecule has 0 spiro atoms. The molecule has 2 rings (SSSR count). The zero-order valence-electron chi connectivity index (χ0n) is 11.5. The van der Waals surface area contributed by atoms with Gasteiger partial charge in [-0.1, -0.05) is 29.9 Å². The molecule has 0 unspecified atom stereocenters. The van der Waals surface area contributed by atoms with Crippen molar-refractivity contribution >= 4 is 23.1 Å². The van der Waals surface area contributed by atoms with Gasteiger partial charge in [0.05, 0.1) is 4.99 Å². The van der Waals surface area contributed by atoms with Gasteiger partial charge in [0.15, 0.2) is 0 Å². The van der Waals surface area contributed by atoms with Crippen molar-refractivity contribution in [3.8, 4) is 0 Å². The van der Waals surface area contributed by atoms with Gasteiger partial charge in [0.25, 0.3) is 5.91 Å². The molecule has 1 aliphatic heterocycles. The number of thiocarbonyl (C=S) groups is 1. The Bertz CT molecular complexity index is 505. The molecule has 0 bridgehead atoms. The van der Waals surface area contributed by atoms with Crippen LogP contribution in [0.2, 0.25) is 0 Å². The number of amides is 1. The highest BCUT2D eigenvalue weighted by atomic mass is 32.1. The number of hydrogen-bond acceptors (Lipinski definition) is 2. The van der Waals surface area contributed by atoms with E-state index < -0.39 is 0 Å². The van der Waals surface area contributed by atoms with Crippen LogP contribution in [0.3, 0.4) is 0 Å². The van der Waals surface area contributed by atoms with Gasteiger partial charge in [-0.25, -0.2) is 0 Å². The van der Waals surface area contributed by atoms with Crippen LogP contribution in [0.1, 0.15) is 34.3 Å². The standard InChI is InChI=1S/C15H20N2OS/c1-10-3-4-11(2)13(9-10)15(18)17-7-5-12(6-8-17)14(16)19/h3-4,9,12H,5-8H2,1-2H3,(H2,16,19). The van der Waals surface area contributed by atoms with Gasteiger partial charge in [-0.05, 0) is 38.3 Å². The molecule has 1 saturated heterocycles. The third-order valence-electron chi connectivity index (χ3n) is 3.81. The molecule has 0 atom stereocenters. The summed E-state index contributed by atoms with van der Waals surface area (Å²) in [5.74, 6) is 0.417. The summed E-state index contributed by atoms with van der Waals surface area (Å²) >= 11 is 5.03. The van der Waals surface area contributed by atoms with Gasteiger partial charge >= 0.3 is 0 Å². The molecular weight excluding hydrogens is 256 g/mol. The Kier molecular flexibility index (Phi) is 4.20. The molecule has 1 amide bonds. The summed E-state index contributed by atoms with van der Waals surface area (Å²) in [4.78, 5) is 15.0. The normalized spacial score (nSPS) is 16.4. The van der Waals surface area contributed by atoms with E-state index in [-0.39, 0.29) is 11.8 Å². The Morgan fingerprint density at radius 2 is 1.95 bits per heavy atom. The Labute approximate surface area is 119 Å². The lowest BCUT2D eigenvalue weighted by Crippen LogP contribution is -2.41. The van der Waals surface area contributed by atoms with E-state index in [1.165, 1.54) is 0 Å². The molecule has 1 aliphatic rings. The fraction of sp³-hybridized carbons (Fsp3) is 0.467. The number of aryl methyl sites for hydroxylation is 2. The zero-order valence-corrected chi connectivity index (χ0v) is 12.3. The van der Waals surface area contributed by atoms with Gasteiger partial charge in [0, 0.05) is 24.6 Å². The smallest absolute Gasteiger partial charge is 0.254 e. The van der Waals surface area contributed by atoms with Crippen molar-refractivity contribution in [2.24, 2.45) is 11.7 Å². The van der Waals surface area contributed by atoms with Crippen LogP contribution in [0.5, 0.6) is 0 Å². The predicted molar refractivity (Wildman–Crippen MR) is 81.3 cm³/mol. The highest BCUT2D eigenvalue weighted by Crippen LogP contribution is 2.21. The molecule has 4 heteroatoms. The molecule has 1 fully saturated rings. The molecule has 1 aromatic rings. The van der Waals surface area contributed by atoms with E-state index in [2.05, 4.69) is 0 Å². The Hall–Kier alpha value is -1.42. The van der Waals surface area contributed by atoms with Crippen LogP contribution in [-0.4, -0.2) is 28.9 Å². The van der Waals surface area contributed by atoms with Crippen molar-refractivity contribution in [3.05, 3.63) is 34.9 Å². The van der Waals surface area contributed by atoms with E-state index in [1.54, 1.807) is 0 Å². The SMILES string of the molecule is Cc1ccc(C)c(C(=O)N2CCC(C(N)=S)CC2)c1. The summed E-state index contributed by atoms with van der Waals surface area (Å²) in [6.07, 6.45) is 1.76. The number of carbonyl (C=O) groups is 1. The maximum absolute atomic E-state index is 12.5. The van der Waals surface area contributed by atoms with Gasteiger partial charge in [-0.3, -0.25) is 4.79 Å². The van der Waals surface area contributed by atoms with E-state index in [4.69, 9.17) is 18.0 Å². The molecule has 2 N–H and O–H groups in total. The number of nitrogens with two attached hydrogens (primary N) is 1. The first-order chi connectivity index (χ1) is 8.99. The fourth-order valence-electron chi connectivity index (χ4n) is 2.50. The van der Waals surface area contributed by atoms with Crippen LogP contribution >= 0.6 is 12.2 Å². The Morgan fingerprint density at radius 1 is 1.32 bits per heavy atom. The third kappa shape index (κ3) is 3.13. The number of rotatable bonds is 2. The summed E-state index contributed by atoms with van der Waals surface area (Å²) in [5, 5.41) is 0. The van der Waals surface area contributed by atoms with Crippen LogP contribution < -0.4 is 5.73 Å². The first kappa shape index (κ1) is 14.0. The van der Waals surface area contributed by atoms with Crippen molar-refractivity contribution in [2.75, 3.05) is 13.1 Å². The largest absolute Gasteiger partial charge is 0.393 e. The molecule has 3 nitrogen and oxygen atoms in total. The molecule has 0 radical (unpaired) electrons. The minimum Gasteiger partial charge on any atom is -0.393 e. The molecule has 1 aromatic carbocycles. The van der Waals surface area contributed by atoms with Crippen LogP contribution in [0.25, 0.3) is 0 Å². The maximum atomic E-state index is 12.5. The van der Waals surface area contributed by atoms with Crippen molar-refractivity contribution in [1.82, 2.24) is 4.90 Å². The molecule has 19 heavy (non-hydrogen) atoms. The maximum Gasteiger partial charge on any atom is 0.254 e. The second kappa shape index (κ2) is 5.70. The van der Waals surface area contributed by atoms with Gasteiger partial charge in [0.2, 0.25) is 0 Å². The minimum atomic E-state index is 0.127. The van der Waals surface area contributed by atoms with Crippen molar-refractivity contribution in [1.29, 1.82) is 0 Å². The number of likely N-dealkylation sites (tertiary alicyclic amines) is 1. The second-order valence-corrected chi connectivity index (χ2v) is 5.76. The molecular formula is C15H20N2OS. The molecule has 0 aromatic heterocycles. The van der Waals surface area contributed by atoms with E-state index in [0.717, 1.165) is 42.6 Å². The van der Waals surface area contributed by atoms with Gasteiger partial charge < -0.3 is 10.6 Å². The summed E-state index contributed by atoms with van der Waals surface area (Å²) in [7, 11) is 0.